The van der Waals surface area contributed by atoms with Crippen LogP contribution in [0.4, 0.5) is 10.5 Å². The summed E-state index contributed by atoms with van der Waals surface area (Å²) in [6.45, 7) is 8.87. The molecule has 6 aliphatic rings. The fourth-order valence-electron chi connectivity index (χ4n) is 10.2. The molecule has 1 aliphatic carbocycles. The largest absolute Gasteiger partial charge is 0.495 e. The number of carbonyl (C=O) groups excluding carboxylic acids is 9. The van der Waals surface area contributed by atoms with Crippen molar-refractivity contribution in [3.8, 4) is 5.75 Å². The number of epoxide rings is 1. The van der Waals surface area contributed by atoms with E-state index in [1.807, 2.05) is 19.1 Å². The summed E-state index contributed by atoms with van der Waals surface area (Å²) in [5.74, 6) is -5.34. The zero-order valence-corrected chi connectivity index (χ0v) is 44.1. The van der Waals surface area contributed by atoms with E-state index in [1.54, 1.807) is 46.0 Å². The summed E-state index contributed by atoms with van der Waals surface area (Å²) < 4.78 is 23.8. The number of imide groups is 2. The second-order valence-corrected chi connectivity index (χ2v) is 22.1. The minimum atomic E-state index is -1.68. The SMILES string of the molecule is COc1cc2cc(c1Cl)N(C)C(=O)C[C@H](OC(=O)[C@H](C)N(C)C(=O)CCSC1CC(=O)N(CC3CCC(C(=O)ON4C(=O)CCC4=O)CC3)C1=O)[C@]1(C)O[C@H]1[C@H](C)[C@@H]1C[C@@](O)(NC(=O)O1)[C@H](C)/C=C/C=C(\C)C2. The normalized spacial score (nSPS) is 32.5. The van der Waals surface area contributed by atoms with Crippen LogP contribution >= 0.6 is 23.4 Å². The van der Waals surface area contributed by atoms with Gasteiger partial charge in [0.2, 0.25) is 23.6 Å². The van der Waals surface area contributed by atoms with Gasteiger partial charge in [-0.2, -0.15) is 0 Å². The van der Waals surface area contributed by atoms with E-state index >= 15 is 0 Å². The quantitative estimate of drug-likeness (QED) is 0.162. The molecule has 1 aromatic carbocycles. The lowest BCUT2D eigenvalue weighted by molar-refractivity contribution is -0.201. The van der Waals surface area contributed by atoms with Gasteiger partial charge in [-0.3, -0.25) is 39.0 Å². The summed E-state index contributed by atoms with van der Waals surface area (Å²) in [6.07, 6.45) is 3.77. The van der Waals surface area contributed by atoms with Crippen LogP contribution in [0.2, 0.25) is 5.02 Å². The van der Waals surface area contributed by atoms with Crippen molar-refractivity contribution in [1.82, 2.24) is 20.2 Å². The molecular formula is C51H66ClN5O15S. The van der Waals surface area contributed by atoms with Crippen molar-refractivity contribution < 1.29 is 72.0 Å². The number of esters is 1. The number of amides is 7. The first kappa shape index (κ1) is 55.2. The number of nitrogens with one attached hydrogen (secondary N) is 1. The van der Waals surface area contributed by atoms with E-state index in [0.717, 1.165) is 11.1 Å². The first-order valence-corrected chi connectivity index (χ1v) is 26.2. The number of halogens is 1. The van der Waals surface area contributed by atoms with Gasteiger partial charge in [0.1, 0.15) is 40.3 Å². The molecule has 9 atom stereocenters. The summed E-state index contributed by atoms with van der Waals surface area (Å²) >= 11 is 7.99. The topological polar surface area (TPSA) is 248 Å². The van der Waals surface area contributed by atoms with Crippen molar-refractivity contribution >= 4 is 82.5 Å². The van der Waals surface area contributed by atoms with Crippen molar-refractivity contribution in [1.29, 1.82) is 0 Å². The molecule has 2 N–H and O–H groups in total. The molecule has 20 nitrogen and oxygen atoms in total. The van der Waals surface area contributed by atoms with E-state index in [2.05, 4.69) is 5.32 Å². The number of hydrogen-bond acceptors (Lipinski definition) is 16. The highest BCUT2D eigenvalue weighted by atomic mass is 35.5. The number of alkyl carbamates (subject to hydrolysis) is 1. The molecule has 1 saturated carbocycles. The molecule has 4 saturated heterocycles. The Morgan fingerprint density at radius 2 is 1.70 bits per heavy atom. The highest BCUT2D eigenvalue weighted by molar-refractivity contribution is 8.00. The number of nitrogens with zero attached hydrogens (tertiary/aromatic N) is 4. The maximum Gasteiger partial charge on any atom is 0.409 e. The molecule has 0 spiro atoms. The molecule has 1 aromatic rings. The van der Waals surface area contributed by atoms with Gasteiger partial charge in [0.05, 0.1) is 36.5 Å². The molecule has 73 heavy (non-hydrogen) atoms. The average molecular weight is 1060 g/mol. The summed E-state index contributed by atoms with van der Waals surface area (Å²) in [5, 5.41) is 14.4. The lowest BCUT2D eigenvalue weighted by Gasteiger charge is -2.41. The zero-order valence-electron chi connectivity index (χ0n) is 42.5. The van der Waals surface area contributed by atoms with Crippen molar-refractivity contribution in [2.24, 2.45) is 23.7 Å². The van der Waals surface area contributed by atoms with Crippen LogP contribution in [0.15, 0.2) is 35.9 Å². The fraction of sp³-hybridized carbons (Fsp3) is 0.627. The Kier molecular flexibility index (Phi) is 17.1. The molecule has 7 rings (SSSR count). The molecule has 5 heterocycles. The minimum Gasteiger partial charge on any atom is -0.495 e. The monoisotopic (exact) mass is 1060 g/mol. The highest BCUT2D eigenvalue weighted by Gasteiger charge is 2.64. The van der Waals surface area contributed by atoms with Gasteiger partial charge in [-0.05, 0) is 76.5 Å². The number of likely N-dealkylation sites (tertiary alicyclic amines) is 1. The molecule has 0 aromatic heterocycles. The number of rotatable bonds is 12. The summed E-state index contributed by atoms with van der Waals surface area (Å²) in [7, 11) is 4.46. The van der Waals surface area contributed by atoms with Gasteiger partial charge in [0, 0.05) is 70.3 Å². The van der Waals surface area contributed by atoms with E-state index in [4.69, 9.17) is 35.4 Å². The zero-order chi connectivity index (χ0) is 53.3. The number of aliphatic hydroxyl groups is 1. The van der Waals surface area contributed by atoms with E-state index < -0.39 is 100 Å². The predicted octanol–water partition coefficient (Wildman–Crippen LogP) is 4.80. The highest BCUT2D eigenvalue weighted by Crippen LogP contribution is 2.49. The molecule has 4 bridgehead atoms. The number of thioether (sulfide) groups is 1. The van der Waals surface area contributed by atoms with Crippen LogP contribution in [0.5, 0.6) is 5.75 Å². The Hall–Kier alpha value is -5.51. The second kappa shape index (κ2) is 22.5. The van der Waals surface area contributed by atoms with Gasteiger partial charge in [0.15, 0.2) is 0 Å². The van der Waals surface area contributed by atoms with Gasteiger partial charge in [-0.25, -0.2) is 14.4 Å². The standard InChI is InChI=1S/C51H66ClN5O15S/c1-27-10-9-11-28(2)51(67)25-36(69-49(66)53-51)29(3)45-50(5,71-45)38(24-42(61)55(7)34-21-32(20-27)22-35(68-8)44(34)52)70-47(64)30(4)54(6)39(58)18-19-73-37-23-43(62)56(46(37)63)26-31-12-14-33(15-13-31)48(65)72-57-40(59)16-17-41(57)60/h9-11,21-22,28-31,33,36-38,45,67H,12-20,23-26H2,1-8H3,(H,53,66)/b11-9+,27-10+/t28-,29-,30+,31?,33?,36+,37?,38+,45+,50+,51+/m1/s1. The van der Waals surface area contributed by atoms with E-state index in [9.17, 15) is 48.3 Å². The first-order valence-electron chi connectivity index (χ1n) is 24.8. The third-order valence-electron chi connectivity index (χ3n) is 15.3. The Morgan fingerprint density at radius 1 is 1.01 bits per heavy atom. The molecule has 5 aliphatic heterocycles. The van der Waals surface area contributed by atoms with Crippen LogP contribution in [-0.2, 0) is 63.8 Å². The third-order valence-corrected chi connectivity index (χ3v) is 16.9. The van der Waals surface area contributed by atoms with Gasteiger partial charge >= 0.3 is 18.0 Å². The minimum absolute atomic E-state index is 0.000212. The molecule has 1 unspecified atom stereocenters. The number of allylic oxidation sites excluding steroid dienone is 3. The number of methoxy groups -OCH3 is 1. The number of carbonyl (C=O) groups is 9. The summed E-state index contributed by atoms with van der Waals surface area (Å²) in [6, 6.07) is 2.41. The maximum absolute atomic E-state index is 14.3. The number of ether oxygens (including phenoxy) is 4. The van der Waals surface area contributed by atoms with Crippen LogP contribution in [0.25, 0.3) is 0 Å². The number of likely N-dealkylation sites (N-methyl/N-ethyl adjacent to an activating group) is 1. The number of anilines is 1. The van der Waals surface area contributed by atoms with Gasteiger partial charge in [-0.15, -0.1) is 16.8 Å². The lowest BCUT2D eigenvalue weighted by atomic mass is 9.82. The molecule has 0 radical (unpaired) electrons. The molecular weight excluding hydrogens is 990 g/mol. The average Bonchev–Trinajstić information content (AvgIpc) is 3.86. The molecule has 22 heteroatoms. The molecule has 5 fully saturated rings. The number of hydrogen-bond donors (Lipinski definition) is 2. The van der Waals surface area contributed by atoms with Crippen molar-refractivity contribution in [3.63, 3.8) is 0 Å². The second-order valence-electron chi connectivity index (χ2n) is 20.4. The Bertz CT molecular complexity index is 2450. The van der Waals surface area contributed by atoms with Crippen LogP contribution in [0.3, 0.4) is 0 Å². The van der Waals surface area contributed by atoms with Gasteiger partial charge in [0.25, 0.3) is 11.8 Å². The van der Waals surface area contributed by atoms with E-state index in [-0.39, 0.29) is 73.6 Å². The van der Waals surface area contributed by atoms with Crippen LogP contribution < -0.4 is 15.0 Å². The van der Waals surface area contributed by atoms with E-state index in [0.29, 0.717) is 48.6 Å². The lowest BCUT2D eigenvalue weighted by Crippen LogP contribution is -2.60. The van der Waals surface area contributed by atoms with Crippen molar-refractivity contribution in [2.75, 3.05) is 38.4 Å². The first-order chi connectivity index (χ1) is 34.4. The molecule has 398 valence electrons. The molecule has 7 amide bonds. The fourth-order valence-corrected chi connectivity index (χ4v) is 11.6. The Balaban J connectivity index is 0.978. The van der Waals surface area contributed by atoms with Gasteiger partial charge < -0.3 is 38.7 Å². The Morgan fingerprint density at radius 3 is 2.37 bits per heavy atom. The van der Waals surface area contributed by atoms with Crippen LogP contribution in [0.1, 0.15) is 104 Å². The van der Waals surface area contributed by atoms with Crippen LogP contribution in [0, 0.1) is 23.7 Å². The van der Waals surface area contributed by atoms with Crippen molar-refractivity contribution in [3.05, 3.63) is 46.5 Å². The maximum atomic E-state index is 14.3. The Labute approximate surface area is 433 Å². The summed E-state index contributed by atoms with van der Waals surface area (Å²) in [4.78, 5) is 127. The smallest absolute Gasteiger partial charge is 0.409 e. The third kappa shape index (κ3) is 12.2. The number of hydroxylamine groups is 2. The number of benzene rings is 1. The summed E-state index contributed by atoms with van der Waals surface area (Å²) in [5.41, 5.74) is -0.886. The van der Waals surface area contributed by atoms with Crippen molar-refractivity contribution in [2.45, 2.75) is 146 Å². The van der Waals surface area contributed by atoms with Crippen LogP contribution in [-0.4, -0.2) is 148 Å². The number of fused-ring (bicyclic) bond motifs is 5. The van der Waals surface area contributed by atoms with Gasteiger partial charge in [-0.1, -0.05) is 49.2 Å². The van der Waals surface area contributed by atoms with E-state index in [1.165, 1.54) is 47.5 Å². The predicted molar refractivity (Wildman–Crippen MR) is 264 cm³/mol.